The molecule has 0 saturated carbocycles. The van der Waals surface area contributed by atoms with E-state index in [9.17, 15) is 4.79 Å². The first-order valence-electron chi connectivity index (χ1n) is 8.72. The third-order valence-corrected chi connectivity index (χ3v) is 4.84. The van der Waals surface area contributed by atoms with Crippen molar-refractivity contribution in [1.29, 1.82) is 0 Å². The number of carbonyl (C=O) groups excluding carboxylic acids is 1. The van der Waals surface area contributed by atoms with Crippen LogP contribution in [0.25, 0.3) is 10.8 Å². The third kappa shape index (κ3) is 3.59. The fourth-order valence-electron chi connectivity index (χ4n) is 3.50. The van der Waals surface area contributed by atoms with Crippen molar-refractivity contribution in [2.75, 3.05) is 6.54 Å². The first kappa shape index (κ1) is 18.4. The van der Waals surface area contributed by atoms with Crippen LogP contribution in [-0.4, -0.2) is 18.4 Å². The summed E-state index contributed by atoms with van der Waals surface area (Å²) in [4.78, 5) is 12.3. The zero-order chi connectivity index (χ0) is 17.2. The van der Waals surface area contributed by atoms with Gasteiger partial charge in [-0.25, -0.2) is 0 Å². The quantitative estimate of drug-likeness (QED) is 0.709. The summed E-state index contributed by atoms with van der Waals surface area (Å²) in [5.41, 5.74) is 1.96. The van der Waals surface area contributed by atoms with Crippen LogP contribution < -0.4 is 10.1 Å². The Morgan fingerprint density at radius 2 is 1.77 bits per heavy atom. The van der Waals surface area contributed by atoms with E-state index in [1.54, 1.807) is 0 Å². The molecule has 3 aromatic carbocycles. The SMILES string of the molecule is C[C@@H](NCC1CC(=O)c2ccccc2O1)c1cccc2ccccc12.Cl. The van der Waals surface area contributed by atoms with Crippen LogP contribution in [0.15, 0.2) is 66.7 Å². The van der Waals surface area contributed by atoms with Crippen molar-refractivity contribution in [1.82, 2.24) is 5.32 Å². The van der Waals surface area contributed by atoms with Gasteiger partial charge < -0.3 is 10.1 Å². The Kier molecular flexibility index (Phi) is 5.60. The number of nitrogens with one attached hydrogen (secondary N) is 1. The molecule has 0 saturated heterocycles. The van der Waals surface area contributed by atoms with E-state index in [2.05, 4.69) is 54.7 Å². The standard InChI is InChI=1S/C22H21NO2.ClH/c1-15(18-11-6-8-16-7-2-3-9-19(16)18)23-14-17-13-21(24)20-10-4-5-12-22(20)25-17;/h2-12,15,17,23H,13-14H2,1H3;1H/t15-,17?;/m1./s1. The maximum atomic E-state index is 12.3. The van der Waals surface area contributed by atoms with Crippen molar-refractivity contribution in [3.63, 3.8) is 0 Å². The molecule has 3 nitrogen and oxygen atoms in total. The normalized spacial score (nSPS) is 17.1. The highest BCUT2D eigenvalue weighted by Crippen LogP contribution is 2.28. The topological polar surface area (TPSA) is 38.3 Å². The second-order valence-electron chi connectivity index (χ2n) is 6.56. The minimum atomic E-state index is -0.125. The largest absolute Gasteiger partial charge is 0.488 e. The average Bonchev–Trinajstić information content (AvgIpc) is 2.66. The van der Waals surface area contributed by atoms with Gasteiger partial charge in [0.15, 0.2) is 5.78 Å². The van der Waals surface area contributed by atoms with Crippen LogP contribution in [-0.2, 0) is 0 Å². The molecule has 3 aromatic rings. The number of fused-ring (bicyclic) bond motifs is 2. The molecule has 134 valence electrons. The number of hydrogen-bond acceptors (Lipinski definition) is 3. The molecule has 0 bridgehead atoms. The van der Waals surface area contributed by atoms with E-state index < -0.39 is 0 Å². The smallest absolute Gasteiger partial charge is 0.170 e. The van der Waals surface area contributed by atoms with Crippen LogP contribution in [0.5, 0.6) is 5.75 Å². The fraction of sp³-hybridized carbons (Fsp3) is 0.227. The van der Waals surface area contributed by atoms with Gasteiger partial charge in [-0.15, -0.1) is 12.4 Å². The molecule has 0 radical (unpaired) electrons. The van der Waals surface area contributed by atoms with Crippen molar-refractivity contribution in [2.24, 2.45) is 0 Å². The van der Waals surface area contributed by atoms with Crippen LogP contribution in [0.3, 0.4) is 0 Å². The lowest BCUT2D eigenvalue weighted by molar-refractivity contribution is 0.0846. The second-order valence-corrected chi connectivity index (χ2v) is 6.56. The number of para-hydroxylation sites is 1. The number of halogens is 1. The molecular weight excluding hydrogens is 346 g/mol. The van der Waals surface area contributed by atoms with E-state index in [-0.39, 0.29) is 30.3 Å². The number of hydrogen-bond donors (Lipinski definition) is 1. The number of benzene rings is 3. The molecule has 1 heterocycles. The summed E-state index contributed by atoms with van der Waals surface area (Å²) in [5, 5.41) is 6.04. The zero-order valence-corrected chi connectivity index (χ0v) is 15.5. The summed E-state index contributed by atoms with van der Waals surface area (Å²) in [5.74, 6) is 0.856. The Balaban J connectivity index is 0.00000196. The molecule has 4 heteroatoms. The van der Waals surface area contributed by atoms with Crippen LogP contribution in [0.1, 0.15) is 35.3 Å². The van der Waals surface area contributed by atoms with Crippen LogP contribution in [0.2, 0.25) is 0 Å². The van der Waals surface area contributed by atoms with Crippen LogP contribution in [0, 0.1) is 0 Å². The Labute approximate surface area is 159 Å². The third-order valence-electron chi connectivity index (χ3n) is 4.84. The maximum Gasteiger partial charge on any atom is 0.170 e. The highest BCUT2D eigenvalue weighted by Gasteiger charge is 2.26. The molecule has 1 unspecified atom stereocenters. The Morgan fingerprint density at radius 3 is 2.65 bits per heavy atom. The molecule has 0 aliphatic carbocycles. The van der Waals surface area contributed by atoms with Crippen molar-refractivity contribution >= 4 is 29.0 Å². The van der Waals surface area contributed by atoms with Gasteiger partial charge in [0.25, 0.3) is 0 Å². The summed E-state index contributed by atoms with van der Waals surface area (Å²) < 4.78 is 5.99. The van der Waals surface area contributed by atoms with E-state index in [4.69, 9.17) is 4.74 Å². The summed E-state index contributed by atoms with van der Waals surface area (Å²) in [6.45, 7) is 2.80. The van der Waals surface area contributed by atoms with Gasteiger partial charge in [-0.3, -0.25) is 4.79 Å². The fourth-order valence-corrected chi connectivity index (χ4v) is 3.50. The first-order valence-corrected chi connectivity index (χ1v) is 8.72. The number of ketones is 1. The minimum absolute atomic E-state index is 0. The number of carbonyl (C=O) groups is 1. The van der Waals surface area contributed by atoms with E-state index >= 15 is 0 Å². The highest BCUT2D eigenvalue weighted by atomic mass is 35.5. The Hall–Kier alpha value is -2.36. The van der Waals surface area contributed by atoms with Gasteiger partial charge in [0, 0.05) is 19.0 Å². The number of Topliss-reactive ketones (excluding diaryl/α,β-unsaturated/α-hetero) is 1. The van der Waals surface area contributed by atoms with E-state index in [1.165, 1.54) is 16.3 Å². The molecule has 1 N–H and O–H groups in total. The molecule has 0 spiro atoms. The Bertz CT molecular complexity index is 919. The maximum absolute atomic E-state index is 12.3. The molecule has 4 rings (SSSR count). The molecule has 0 aromatic heterocycles. The lowest BCUT2D eigenvalue weighted by Crippen LogP contribution is -2.37. The lowest BCUT2D eigenvalue weighted by atomic mass is 9.98. The minimum Gasteiger partial charge on any atom is -0.488 e. The van der Waals surface area contributed by atoms with Gasteiger partial charge in [-0.1, -0.05) is 54.6 Å². The summed E-state index contributed by atoms with van der Waals surface area (Å²) >= 11 is 0. The van der Waals surface area contributed by atoms with Gasteiger partial charge in [0.1, 0.15) is 11.9 Å². The van der Waals surface area contributed by atoms with E-state index in [1.807, 2.05) is 24.3 Å². The Morgan fingerprint density at radius 1 is 1.04 bits per heavy atom. The van der Waals surface area contributed by atoms with Gasteiger partial charge in [0.05, 0.1) is 5.56 Å². The molecule has 26 heavy (non-hydrogen) atoms. The zero-order valence-electron chi connectivity index (χ0n) is 14.6. The number of rotatable bonds is 4. The predicted octanol–water partition coefficient (Wildman–Crippen LogP) is 4.95. The predicted molar refractivity (Wildman–Crippen MR) is 107 cm³/mol. The monoisotopic (exact) mass is 367 g/mol. The van der Waals surface area contributed by atoms with Gasteiger partial charge in [-0.2, -0.15) is 0 Å². The van der Waals surface area contributed by atoms with Gasteiger partial charge in [-0.05, 0) is 35.4 Å². The molecule has 0 fully saturated rings. The molecular formula is C22H22ClNO2. The van der Waals surface area contributed by atoms with E-state index in [0.29, 0.717) is 24.3 Å². The molecule has 1 aliphatic rings. The van der Waals surface area contributed by atoms with Crippen molar-refractivity contribution < 1.29 is 9.53 Å². The highest BCUT2D eigenvalue weighted by molar-refractivity contribution is 5.99. The van der Waals surface area contributed by atoms with E-state index in [0.717, 1.165) is 0 Å². The summed E-state index contributed by atoms with van der Waals surface area (Å²) in [6.07, 6.45) is 0.298. The lowest BCUT2D eigenvalue weighted by Gasteiger charge is -2.27. The number of ether oxygens (including phenoxy) is 1. The first-order chi connectivity index (χ1) is 12.2. The van der Waals surface area contributed by atoms with Gasteiger partial charge in [0.2, 0.25) is 0 Å². The summed E-state index contributed by atoms with van der Waals surface area (Å²) in [7, 11) is 0. The second kappa shape index (κ2) is 7.90. The van der Waals surface area contributed by atoms with Crippen LogP contribution >= 0.6 is 12.4 Å². The van der Waals surface area contributed by atoms with Crippen molar-refractivity contribution in [3.8, 4) is 5.75 Å². The molecule has 2 atom stereocenters. The average molecular weight is 368 g/mol. The van der Waals surface area contributed by atoms with Crippen molar-refractivity contribution in [2.45, 2.75) is 25.5 Å². The molecule has 0 amide bonds. The molecule has 1 aliphatic heterocycles. The summed E-state index contributed by atoms with van der Waals surface area (Å²) in [6, 6.07) is 22.4. The van der Waals surface area contributed by atoms with Crippen LogP contribution in [0.4, 0.5) is 0 Å². The van der Waals surface area contributed by atoms with Crippen molar-refractivity contribution in [3.05, 3.63) is 77.9 Å². The van der Waals surface area contributed by atoms with Gasteiger partial charge >= 0.3 is 0 Å².